The van der Waals surface area contributed by atoms with Gasteiger partial charge in [-0.1, -0.05) is 18.2 Å². The van der Waals surface area contributed by atoms with Crippen molar-refractivity contribution in [3.05, 3.63) is 48.3 Å². The van der Waals surface area contributed by atoms with Crippen LogP contribution in [0.3, 0.4) is 0 Å². The van der Waals surface area contributed by atoms with Crippen LogP contribution in [0.25, 0.3) is 0 Å². The van der Waals surface area contributed by atoms with E-state index in [2.05, 4.69) is 20.9 Å². The fourth-order valence-electron chi connectivity index (χ4n) is 3.19. The van der Waals surface area contributed by atoms with Crippen molar-refractivity contribution in [1.82, 2.24) is 19.4 Å². The maximum absolute atomic E-state index is 12.2. The minimum Gasteiger partial charge on any atom is -0.297 e. The Bertz CT molecular complexity index is 758. The zero-order valence-corrected chi connectivity index (χ0v) is 14.7. The molecule has 24 heavy (non-hydrogen) atoms. The molecular weight excluding hydrogens is 324 g/mol. The number of sulfonamides is 1. The van der Waals surface area contributed by atoms with Crippen LogP contribution in [-0.4, -0.2) is 48.8 Å². The SMILES string of the molecule is Cc1cnn(CC2CCCN2CCNS(=O)(=O)c2ccccc2)c1. The van der Waals surface area contributed by atoms with E-state index in [4.69, 9.17) is 0 Å². The Kier molecular flexibility index (Phi) is 5.33. The molecule has 1 N–H and O–H groups in total. The molecule has 2 aromatic rings. The third kappa shape index (κ3) is 4.23. The molecular formula is C17H24N4O2S. The number of nitrogens with one attached hydrogen (secondary N) is 1. The summed E-state index contributed by atoms with van der Waals surface area (Å²) in [6.07, 6.45) is 6.20. The molecule has 0 saturated carbocycles. The summed E-state index contributed by atoms with van der Waals surface area (Å²) in [5.41, 5.74) is 1.16. The van der Waals surface area contributed by atoms with Crippen molar-refractivity contribution in [3.8, 4) is 0 Å². The van der Waals surface area contributed by atoms with Gasteiger partial charge in [-0.2, -0.15) is 5.10 Å². The van der Waals surface area contributed by atoms with Gasteiger partial charge in [0, 0.05) is 25.3 Å². The summed E-state index contributed by atoms with van der Waals surface area (Å²) >= 11 is 0. The van der Waals surface area contributed by atoms with Crippen LogP contribution in [0.4, 0.5) is 0 Å². The first kappa shape index (κ1) is 17.1. The molecule has 1 aromatic carbocycles. The predicted octanol–water partition coefficient (Wildman–Crippen LogP) is 1.63. The average Bonchev–Trinajstić information content (AvgIpc) is 3.18. The predicted molar refractivity (Wildman–Crippen MR) is 93.2 cm³/mol. The summed E-state index contributed by atoms with van der Waals surface area (Å²) in [6, 6.07) is 8.92. The first-order valence-corrected chi connectivity index (χ1v) is 9.81. The Morgan fingerprint density at radius 2 is 2.08 bits per heavy atom. The van der Waals surface area contributed by atoms with Gasteiger partial charge in [-0.3, -0.25) is 9.58 Å². The van der Waals surface area contributed by atoms with Crippen LogP contribution in [0.2, 0.25) is 0 Å². The lowest BCUT2D eigenvalue weighted by molar-refractivity contribution is 0.231. The molecule has 1 unspecified atom stereocenters. The highest BCUT2D eigenvalue weighted by atomic mass is 32.2. The van der Waals surface area contributed by atoms with Gasteiger partial charge in [0.25, 0.3) is 0 Å². The van der Waals surface area contributed by atoms with E-state index in [0.29, 0.717) is 17.5 Å². The van der Waals surface area contributed by atoms with Gasteiger partial charge in [0.1, 0.15) is 0 Å². The van der Waals surface area contributed by atoms with Crippen molar-refractivity contribution in [3.63, 3.8) is 0 Å². The van der Waals surface area contributed by atoms with Crippen molar-refractivity contribution < 1.29 is 8.42 Å². The molecule has 1 atom stereocenters. The number of likely N-dealkylation sites (tertiary alicyclic amines) is 1. The summed E-state index contributed by atoms with van der Waals surface area (Å²) in [6.45, 7) is 5.05. The van der Waals surface area contributed by atoms with E-state index in [1.165, 1.54) is 0 Å². The van der Waals surface area contributed by atoms with Gasteiger partial charge in [-0.15, -0.1) is 0 Å². The molecule has 7 heteroatoms. The fourth-order valence-corrected chi connectivity index (χ4v) is 4.23. The molecule has 130 valence electrons. The summed E-state index contributed by atoms with van der Waals surface area (Å²) in [5, 5.41) is 4.35. The van der Waals surface area contributed by atoms with Gasteiger partial charge in [-0.25, -0.2) is 13.1 Å². The van der Waals surface area contributed by atoms with Crippen molar-refractivity contribution in [2.45, 2.75) is 37.2 Å². The zero-order chi connectivity index (χ0) is 17.0. The van der Waals surface area contributed by atoms with Crippen molar-refractivity contribution in [2.24, 2.45) is 0 Å². The highest BCUT2D eigenvalue weighted by Gasteiger charge is 2.25. The van der Waals surface area contributed by atoms with Crippen molar-refractivity contribution in [1.29, 1.82) is 0 Å². The first-order valence-electron chi connectivity index (χ1n) is 8.32. The van der Waals surface area contributed by atoms with Gasteiger partial charge in [-0.05, 0) is 44.0 Å². The maximum Gasteiger partial charge on any atom is 0.240 e. The molecule has 1 aliphatic heterocycles. The second-order valence-corrected chi connectivity index (χ2v) is 8.05. The van der Waals surface area contributed by atoms with E-state index in [9.17, 15) is 8.42 Å². The summed E-state index contributed by atoms with van der Waals surface area (Å²) in [5.74, 6) is 0. The lowest BCUT2D eigenvalue weighted by atomic mass is 10.2. The Morgan fingerprint density at radius 3 is 2.79 bits per heavy atom. The minimum atomic E-state index is -3.42. The number of rotatable bonds is 7. The molecule has 6 nitrogen and oxygen atoms in total. The molecule has 0 radical (unpaired) electrons. The van der Waals surface area contributed by atoms with Gasteiger partial charge < -0.3 is 0 Å². The number of aryl methyl sites for hydroxylation is 1. The largest absolute Gasteiger partial charge is 0.297 e. The molecule has 0 aliphatic carbocycles. The lowest BCUT2D eigenvalue weighted by Crippen LogP contribution is -2.39. The van der Waals surface area contributed by atoms with Gasteiger partial charge >= 0.3 is 0 Å². The van der Waals surface area contributed by atoms with Crippen LogP contribution in [0, 0.1) is 6.92 Å². The van der Waals surface area contributed by atoms with Crippen LogP contribution in [0.15, 0.2) is 47.6 Å². The van der Waals surface area contributed by atoms with Crippen LogP contribution in [0.5, 0.6) is 0 Å². The zero-order valence-electron chi connectivity index (χ0n) is 13.9. The number of benzene rings is 1. The number of nitrogens with zero attached hydrogens (tertiary/aromatic N) is 3. The fraction of sp³-hybridized carbons (Fsp3) is 0.471. The second kappa shape index (κ2) is 7.46. The standard InChI is InChI=1S/C17H24N4O2S/c1-15-12-18-21(13-15)14-16-6-5-10-20(16)11-9-19-24(22,23)17-7-3-2-4-8-17/h2-4,7-8,12-13,16,19H,5-6,9-11,14H2,1H3. The number of hydrogen-bond donors (Lipinski definition) is 1. The van der Waals surface area contributed by atoms with E-state index in [0.717, 1.165) is 38.0 Å². The number of hydrogen-bond acceptors (Lipinski definition) is 4. The van der Waals surface area contributed by atoms with Crippen LogP contribution >= 0.6 is 0 Å². The van der Waals surface area contributed by atoms with Gasteiger partial charge in [0.05, 0.1) is 17.6 Å². The maximum atomic E-state index is 12.2. The first-order chi connectivity index (χ1) is 11.5. The van der Waals surface area contributed by atoms with E-state index < -0.39 is 10.0 Å². The van der Waals surface area contributed by atoms with E-state index in [-0.39, 0.29) is 0 Å². The summed E-state index contributed by atoms with van der Waals surface area (Å²) < 4.78 is 29.2. The third-order valence-corrected chi connectivity index (χ3v) is 5.88. The molecule has 1 fully saturated rings. The summed E-state index contributed by atoms with van der Waals surface area (Å²) in [4.78, 5) is 2.67. The Morgan fingerprint density at radius 1 is 1.29 bits per heavy atom. The molecule has 1 aliphatic rings. The molecule has 0 spiro atoms. The molecule has 2 heterocycles. The highest BCUT2D eigenvalue weighted by molar-refractivity contribution is 7.89. The lowest BCUT2D eigenvalue weighted by Gasteiger charge is -2.24. The summed E-state index contributed by atoms with van der Waals surface area (Å²) in [7, 11) is -3.42. The van der Waals surface area contributed by atoms with Crippen LogP contribution < -0.4 is 4.72 Å². The Labute approximate surface area is 143 Å². The van der Waals surface area contributed by atoms with Gasteiger partial charge in [0.15, 0.2) is 0 Å². The van der Waals surface area contributed by atoms with E-state index in [1.54, 1.807) is 24.3 Å². The van der Waals surface area contributed by atoms with Gasteiger partial charge in [0.2, 0.25) is 10.0 Å². The van der Waals surface area contributed by atoms with E-state index in [1.807, 2.05) is 23.9 Å². The molecule has 0 bridgehead atoms. The second-order valence-electron chi connectivity index (χ2n) is 6.28. The van der Waals surface area contributed by atoms with E-state index >= 15 is 0 Å². The number of aromatic nitrogens is 2. The smallest absolute Gasteiger partial charge is 0.240 e. The quantitative estimate of drug-likeness (QED) is 0.826. The molecule has 3 rings (SSSR count). The normalized spacial score (nSPS) is 19.0. The van der Waals surface area contributed by atoms with Crippen molar-refractivity contribution >= 4 is 10.0 Å². The van der Waals surface area contributed by atoms with Crippen LogP contribution in [-0.2, 0) is 16.6 Å². The topological polar surface area (TPSA) is 67.2 Å². The third-order valence-electron chi connectivity index (χ3n) is 4.40. The Balaban J connectivity index is 1.52. The molecule has 1 aromatic heterocycles. The molecule has 1 saturated heterocycles. The van der Waals surface area contributed by atoms with Crippen LogP contribution in [0.1, 0.15) is 18.4 Å². The average molecular weight is 348 g/mol. The monoisotopic (exact) mass is 348 g/mol. The minimum absolute atomic E-state index is 0.315. The van der Waals surface area contributed by atoms with Crippen molar-refractivity contribution in [2.75, 3.05) is 19.6 Å². The Hall–Kier alpha value is -1.70. The highest BCUT2D eigenvalue weighted by Crippen LogP contribution is 2.18. The molecule has 0 amide bonds.